The van der Waals surface area contributed by atoms with E-state index in [0.717, 1.165) is 17.5 Å². The van der Waals surface area contributed by atoms with E-state index in [9.17, 15) is 13.2 Å². The van der Waals surface area contributed by atoms with Gasteiger partial charge in [0.1, 0.15) is 10.6 Å². The van der Waals surface area contributed by atoms with Gasteiger partial charge in [0.25, 0.3) is 0 Å². The number of alkyl halides is 3. The predicted octanol–water partition coefficient (Wildman–Crippen LogP) is 3.89. The smallest absolute Gasteiger partial charge is 0.427 e. The Morgan fingerprint density at radius 1 is 1.35 bits per heavy atom. The van der Waals surface area contributed by atoms with Crippen LogP contribution in [0.4, 0.5) is 18.3 Å². The summed E-state index contributed by atoms with van der Waals surface area (Å²) in [4.78, 5) is 5.07. The third kappa shape index (κ3) is 4.59. The third-order valence-electron chi connectivity index (χ3n) is 3.33. The fourth-order valence-corrected chi connectivity index (χ4v) is 2.81. The molecule has 0 fully saturated rings. The average Bonchev–Trinajstić information content (AvgIpc) is 2.96. The fraction of sp³-hybridized carbons (Fsp3) is 0.400. The van der Waals surface area contributed by atoms with Gasteiger partial charge in [0.05, 0.1) is 19.3 Å². The van der Waals surface area contributed by atoms with Crippen LogP contribution in [0.3, 0.4) is 0 Å². The van der Waals surface area contributed by atoms with Gasteiger partial charge >= 0.3 is 6.18 Å². The van der Waals surface area contributed by atoms with E-state index in [1.807, 2.05) is 43.3 Å². The number of aromatic nitrogens is 1. The predicted molar refractivity (Wildman–Crippen MR) is 85.0 cm³/mol. The van der Waals surface area contributed by atoms with Gasteiger partial charge in [-0.05, 0) is 31.8 Å². The van der Waals surface area contributed by atoms with Crippen molar-refractivity contribution >= 4 is 16.5 Å². The second-order valence-corrected chi connectivity index (χ2v) is 6.19. The molecule has 0 bridgehead atoms. The molecule has 0 aliphatic heterocycles. The molecule has 0 aliphatic carbocycles. The highest BCUT2D eigenvalue weighted by Crippen LogP contribution is 2.35. The molecule has 0 amide bonds. The van der Waals surface area contributed by atoms with E-state index in [4.69, 9.17) is 4.74 Å². The molecule has 1 unspecified atom stereocenters. The Bertz CT molecular complexity index is 643. The summed E-state index contributed by atoms with van der Waals surface area (Å²) in [5.41, 5.74) is 1.01. The van der Waals surface area contributed by atoms with E-state index in [0.29, 0.717) is 17.9 Å². The van der Waals surface area contributed by atoms with Gasteiger partial charge in [-0.1, -0.05) is 23.5 Å². The Kier molecular flexibility index (Phi) is 5.48. The van der Waals surface area contributed by atoms with Gasteiger partial charge in [-0.15, -0.1) is 0 Å². The van der Waals surface area contributed by atoms with Crippen LogP contribution in [0, 0.1) is 0 Å². The molecule has 126 valence electrons. The van der Waals surface area contributed by atoms with E-state index in [-0.39, 0.29) is 11.2 Å². The summed E-state index contributed by atoms with van der Waals surface area (Å²) in [6.07, 6.45) is -3.51. The highest BCUT2D eigenvalue weighted by molar-refractivity contribution is 7.15. The molecule has 8 heteroatoms. The Morgan fingerprint density at radius 3 is 2.65 bits per heavy atom. The molecule has 0 saturated carbocycles. The summed E-state index contributed by atoms with van der Waals surface area (Å²) in [7, 11) is 5.42. The number of hydrogen-bond acceptors (Lipinski definition) is 5. The quantitative estimate of drug-likeness (QED) is 0.862. The zero-order chi connectivity index (χ0) is 17.0. The first-order valence-corrected chi connectivity index (χ1v) is 7.70. The van der Waals surface area contributed by atoms with Crippen molar-refractivity contribution in [1.82, 2.24) is 9.88 Å². The first kappa shape index (κ1) is 17.6. The molecule has 0 saturated heterocycles. The summed E-state index contributed by atoms with van der Waals surface area (Å²) in [5.74, 6) is 0.739. The van der Waals surface area contributed by atoms with Crippen molar-refractivity contribution < 1.29 is 17.9 Å². The first-order chi connectivity index (χ1) is 10.8. The number of benzene rings is 1. The average molecular weight is 345 g/mol. The Hall–Kier alpha value is -1.80. The molecule has 0 radical (unpaired) electrons. The summed E-state index contributed by atoms with van der Waals surface area (Å²) < 4.78 is 43.0. The summed E-state index contributed by atoms with van der Waals surface area (Å²) >= 11 is 0.606. The number of methoxy groups -OCH3 is 1. The largest absolute Gasteiger partial charge is 0.497 e. The lowest BCUT2D eigenvalue weighted by Gasteiger charge is -2.25. The molecule has 0 spiro atoms. The number of nitrogens with zero attached hydrogens (tertiary/aromatic N) is 2. The Labute approximate surface area is 136 Å². The molecule has 4 nitrogen and oxygen atoms in total. The van der Waals surface area contributed by atoms with Crippen molar-refractivity contribution in [3.8, 4) is 5.75 Å². The van der Waals surface area contributed by atoms with Gasteiger partial charge in [0.2, 0.25) is 0 Å². The number of thiazole rings is 1. The van der Waals surface area contributed by atoms with Gasteiger partial charge in [-0.3, -0.25) is 0 Å². The molecule has 1 atom stereocenters. The maximum Gasteiger partial charge on any atom is 0.427 e. The van der Waals surface area contributed by atoms with Crippen LogP contribution in [0.2, 0.25) is 0 Å². The fourth-order valence-electron chi connectivity index (χ4n) is 2.12. The SMILES string of the molecule is COc1cccc(C(CNc2ncc(C(F)(F)F)s2)N(C)C)c1. The lowest BCUT2D eigenvalue weighted by molar-refractivity contribution is -0.134. The maximum atomic E-state index is 12.6. The minimum absolute atomic E-state index is 0.0247. The number of nitrogens with one attached hydrogen (secondary N) is 1. The van der Waals surface area contributed by atoms with E-state index in [1.165, 1.54) is 0 Å². The standard InChI is InChI=1S/C15H18F3N3OS/c1-21(2)12(10-5-4-6-11(7-10)22-3)8-19-14-20-9-13(23-14)15(16,17)18/h4-7,9,12H,8H2,1-3H3,(H,19,20). The second-order valence-electron chi connectivity index (χ2n) is 5.16. The highest BCUT2D eigenvalue weighted by atomic mass is 32.1. The molecular weight excluding hydrogens is 327 g/mol. The van der Waals surface area contributed by atoms with Gasteiger partial charge in [-0.2, -0.15) is 13.2 Å². The molecule has 1 N–H and O–H groups in total. The van der Waals surface area contributed by atoms with Crippen molar-refractivity contribution in [2.24, 2.45) is 0 Å². The van der Waals surface area contributed by atoms with Crippen LogP contribution in [-0.2, 0) is 6.18 Å². The van der Waals surface area contributed by atoms with E-state index >= 15 is 0 Å². The summed E-state index contributed by atoms with van der Waals surface area (Å²) in [6.45, 7) is 0.435. The van der Waals surface area contributed by atoms with Crippen LogP contribution in [0.1, 0.15) is 16.5 Å². The minimum Gasteiger partial charge on any atom is -0.497 e. The lowest BCUT2D eigenvalue weighted by Crippen LogP contribution is -2.26. The first-order valence-electron chi connectivity index (χ1n) is 6.88. The van der Waals surface area contributed by atoms with Crippen molar-refractivity contribution in [2.75, 3.05) is 33.1 Å². The van der Waals surface area contributed by atoms with Gasteiger partial charge in [0.15, 0.2) is 5.13 Å². The molecule has 1 heterocycles. The minimum atomic E-state index is -4.36. The monoisotopic (exact) mass is 345 g/mol. The topological polar surface area (TPSA) is 37.4 Å². The van der Waals surface area contributed by atoms with Crippen molar-refractivity contribution in [1.29, 1.82) is 0 Å². The van der Waals surface area contributed by atoms with Crippen LogP contribution >= 0.6 is 11.3 Å². The number of anilines is 1. The van der Waals surface area contributed by atoms with Crippen LogP contribution in [0.15, 0.2) is 30.5 Å². The van der Waals surface area contributed by atoms with Crippen LogP contribution in [0.25, 0.3) is 0 Å². The Morgan fingerprint density at radius 2 is 2.09 bits per heavy atom. The van der Waals surface area contributed by atoms with E-state index in [1.54, 1.807) is 7.11 Å². The molecule has 2 rings (SSSR count). The molecule has 2 aromatic rings. The zero-order valence-electron chi connectivity index (χ0n) is 13.0. The van der Waals surface area contributed by atoms with Crippen molar-refractivity contribution in [3.05, 3.63) is 40.9 Å². The lowest BCUT2D eigenvalue weighted by atomic mass is 10.1. The molecular formula is C15H18F3N3OS. The number of hydrogen-bond donors (Lipinski definition) is 1. The number of ether oxygens (including phenoxy) is 1. The number of rotatable bonds is 6. The van der Waals surface area contributed by atoms with Crippen LogP contribution in [0.5, 0.6) is 5.75 Å². The molecule has 1 aromatic carbocycles. The Balaban J connectivity index is 2.09. The maximum absolute atomic E-state index is 12.6. The molecule has 1 aromatic heterocycles. The number of halogens is 3. The van der Waals surface area contributed by atoms with Gasteiger partial charge in [0, 0.05) is 6.54 Å². The van der Waals surface area contributed by atoms with Crippen molar-refractivity contribution in [2.45, 2.75) is 12.2 Å². The normalized spacial score (nSPS) is 13.2. The van der Waals surface area contributed by atoms with E-state index in [2.05, 4.69) is 10.3 Å². The van der Waals surface area contributed by atoms with Gasteiger partial charge < -0.3 is 15.0 Å². The molecule has 23 heavy (non-hydrogen) atoms. The van der Waals surface area contributed by atoms with Crippen LogP contribution < -0.4 is 10.1 Å². The summed E-state index contributed by atoms with van der Waals surface area (Å²) in [6, 6.07) is 7.58. The zero-order valence-corrected chi connectivity index (χ0v) is 13.8. The third-order valence-corrected chi connectivity index (χ3v) is 4.33. The molecule has 0 aliphatic rings. The van der Waals surface area contributed by atoms with Crippen molar-refractivity contribution in [3.63, 3.8) is 0 Å². The van der Waals surface area contributed by atoms with E-state index < -0.39 is 11.1 Å². The summed E-state index contributed by atoms with van der Waals surface area (Å²) in [5, 5.41) is 3.24. The highest BCUT2D eigenvalue weighted by Gasteiger charge is 2.33. The van der Waals surface area contributed by atoms with Crippen LogP contribution in [-0.4, -0.2) is 37.6 Å². The second kappa shape index (κ2) is 7.18. The van der Waals surface area contributed by atoms with Gasteiger partial charge in [-0.25, -0.2) is 4.98 Å². The number of likely N-dealkylation sites (N-methyl/N-ethyl adjacent to an activating group) is 1.